The van der Waals surface area contributed by atoms with Crippen LogP contribution in [0.15, 0.2) is 17.4 Å². The van der Waals surface area contributed by atoms with Crippen LogP contribution in [0.5, 0.6) is 0 Å². The number of hydrogen-bond donors (Lipinski definition) is 0. The van der Waals surface area contributed by atoms with E-state index in [4.69, 9.17) is 16.9 Å². The van der Waals surface area contributed by atoms with E-state index in [2.05, 4.69) is 10.2 Å². The lowest BCUT2D eigenvalue weighted by molar-refractivity contribution is 1.28. The molecule has 1 aromatic heterocycles. The number of nitriles is 1. The molecule has 1 rings (SSSR count). The molecule has 0 radical (unpaired) electrons. The van der Waals surface area contributed by atoms with Crippen LogP contribution in [0, 0.1) is 16.2 Å². The number of rotatable bonds is 1. The molecular formula is C6H2ClN3O. The molecule has 4 nitrogen and oxygen atoms in total. The van der Waals surface area contributed by atoms with Crippen molar-refractivity contribution in [1.82, 2.24) is 4.98 Å². The monoisotopic (exact) mass is 167 g/mol. The Morgan fingerprint density at radius 1 is 1.73 bits per heavy atom. The maximum atomic E-state index is 10.0. The third kappa shape index (κ3) is 1.51. The molecule has 1 aromatic rings. The van der Waals surface area contributed by atoms with Gasteiger partial charge in [-0.1, -0.05) is 11.6 Å². The summed E-state index contributed by atoms with van der Waals surface area (Å²) in [5.41, 5.74) is 0.259. The molecule has 5 heteroatoms. The second kappa shape index (κ2) is 3.08. The Morgan fingerprint density at radius 3 is 3.00 bits per heavy atom. The topological polar surface area (TPSA) is 66.1 Å². The van der Waals surface area contributed by atoms with Crippen molar-refractivity contribution in [3.05, 3.63) is 27.9 Å². The molecule has 54 valence electrons. The Hall–Kier alpha value is -1.47. The molecule has 0 bridgehead atoms. The second-order valence-electron chi connectivity index (χ2n) is 1.74. The van der Waals surface area contributed by atoms with E-state index in [9.17, 15) is 4.91 Å². The molecule has 0 fully saturated rings. The average molecular weight is 168 g/mol. The number of halogens is 1. The third-order valence-corrected chi connectivity index (χ3v) is 1.34. The van der Waals surface area contributed by atoms with Crippen LogP contribution in [-0.4, -0.2) is 4.98 Å². The zero-order chi connectivity index (χ0) is 8.27. The van der Waals surface area contributed by atoms with E-state index in [1.807, 2.05) is 6.07 Å². The summed E-state index contributed by atoms with van der Waals surface area (Å²) in [5, 5.41) is 11.0. The SMILES string of the molecule is N#Cc1cnc(Cl)c(N=O)c1. The minimum Gasteiger partial charge on any atom is -0.241 e. The van der Waals surface area contributed by atoms with Gasteiger partial charge in [-0.05, 0) is 11.2 Å². The van der Waals surface area contributed by atoms with E-state index in [0.717, 1.165) is 0 Å². The average Bonchev–Trinajstić information content (AvgIpc) is 2.05. The fourth-order valence-electron chi connectivity index (χ4n) is 0.562. The molecule has 0 aliphatic carbocycles. The molecule has 0 N–H and O–H groups in total. The summed E-state index contributed by atoms with van der Waals surface area (Å²) in [5.74, 6) is 0. The quantitative estimate of drug-likeness (QED) is 0.475. The predicted molar refractivity (Wildman–Crippen MR) is 39.4 cm³/mol. The van der Waals surface area contributed by atoms with Gasteiger partial charge in [0.05, 0.1) is 5.56 Å². The first kappa shape index (κ1) is 7.63. The number of aromatic nitrogens is 1. The third-order valence-electron chi connectivity index (χ3n) is 1.05. The molecule has 0 saturated carbocycles. The molecular weight excluding hydrogens is 166 g/mol. The van der Waals surface area contributed by atoms with Crippen LogP contribution in [0.25, 0.3) is 0 Å². The van der Waals surface area contributed by atoms with Gasteiger partial charge < -0.3 is 0 Å². The molecule has 0 unspecified atom stereocenters. The van der Waals surface area contributed by atoms with Gasteiger partial charge in [-0.25, -0.2) is 4.98 Å². The number of nitrogens with zero attached hydrogens (tertiary/aromatic N) is 3. The van der Waals surface area contributed by atoms with E-state index in [-0.39, 0.29) is 16.4 Å². The van der Waals surface area contributed by atoms with E-state index in [1.54, 1.807) is 0 Å². The lowest BCUT2D eigenvalue weighted by Crippen LogP contribution is -1.78. The maximum Gasteiger partial charge on any atom is 0.158 e. The van der Waals surface area contributed by atoms with Gasteiger partial charge in [-0.3, -0.25) is 0 Å². The highest BCUT2D eigenvalue weighted by Crippen LogP contribution is 2.22. The fourth-order valence-corrected chi connectivity index (χ4v) is 0.699. The van der Waals surface area contributed by atoms with Crippen LogP contribution < -0.4 is 0 Å². The van der Waals surface area contributed by atoms with Crippen LogP contribution in [0.1, 0.15) is 5.56 Å². The van der Waals surface area contributed by atoms with Crippen LogP contribution in [0.4, 0.5) is 5.69 Å². The highest BCUT2D eigenvalue weighted by Gasteiger charge is 2.01. The summed E-state index contributed by atoms with van der Waals surface area (Å²) in [6.45, 7) is 0. The first-order chi connectivity index (χ1) is 5.27. The molecule has 0 aromatic carbocycles. The molecule has 0 atom stereocenters. The Bertz CT molecular complexity index is 331. The molecule has 11 heavy (non-hydrogen) atoms. The summed E-state index contributed by atoms with van der Waals surface area (Å²) in [4.78, 5) is 13.6. The molecule has 0 spiro atoms. The summed E-state index contributed by atoms with van der Waals surface area (Å²) in [7, 11) is 0. The van der Waals surface area contributed by atoms with Crippen molar-refractivity contribution >= 4 is 17.3 Å². The van der Waals surface area contributed by atoms with Gasteiger partial charge in [0.1, 0.15) is 11.8 Å². The zero-order valence-electron chi connectivity index (χ0n) is 5.28. The van der Waals surface area contributed by atoms with E-state index >= 15 is 0 Å². The van der Waals surface area contributed by atoms with Crippen molar-refractivity contribution in [2.75, 3.05) is 0 Å². The van der Waals surface area contributed by atoms with Crippen molar-refractivity contribution in [1.29, 1.82) is 5.26 Å². The highest BCUT2D eigenvalue weighted by atomic mass is 35.5. The van der Waals surface area contributed by atoms with Crippen LogP contribution >= 0.6 is 11.6 Å². The number of nitroso groups, excluding NO2 is 1. The minimum absolute atomic E-state index is 0.00860. The first-order valence-corrected chi connectivity index (χ1v) is 3.04. The first-order valence-electron chi connectivity index (χ1n) is 2.67. The summed E-state index contributed by atoms with van der Waals surface area (Å²) in [6, 6.07) is 3.09. The van der Waals surface area contributed by atoms with Gasteiger partial charge in [0.2, 0.25) is 0 Å². The van der Waals surface area contributed by atoms with E-state index in [1.165, 1.54) is 12.3 Å². The van der Waals surface area contributed by atoms with Crippen molar-refractivity contribution in [2.45, 2.75) is 0 Å². The van der Waals surface area contributed by atoms with Crippen molar-refractivity contribution in [2.24, 2.45) is 5.18 Å². The number of pyridine rings is 1. The standard InChI is InChI=1S/C6H2ClN3O/c7-6-5(10-11)1-4(2-8)3-9-6/h1,3H. The Morgan fingerprint density at radius 2 is 2.45 bits per heavy atom. The number of hydrogen-bond acceptors (Lipinski definition) is 4. The van der Waals surface area contributed by atoms with Gasteiger partial charge in [-0.2, -0.15) is 5.26 Å². The summed E-state index contributed by atoms with van der Waals surface area (Å²) >= 11 is 5.44. The summed E-state index contributed by atoms with van der Waals surface area (Å²) < 4.78 is 0. The molecule has 0 aliphatic heterocycles. The summed E-state index contributed by atoms with van der Waals surface area (Å²) in [6.07, 6.45) is 1.27. The predicted octanol–water partition coefficient (Wildman–Crippen LogP) is 2.00. The van der Waals surface area contributed by atoms with Gasteiger partial charge in [-0.15, -0.1) is 4.91 Å². The smallest absolute Gasteiger partial charge is 0.158 e. The molecule has 0 aliphatic rings. The fraction of sp³-hybridized carbons (Fsp3) is 0. The Balaban J connectivity index is 3.25. The van der Waals surface area contributed by atoms with Gasteiger partial charge in [0.25, 0.3) is 0 Å². The minimum atomic E-state index is -0.00860. The van der Waals surface area contributed by atoms with Crippen LogP contribution in [-0.2, 0) is 0 Å². The Labute approximate surface area is 67.4 Å². The van der Waals surface area contributed by atoms with E-state index < -0.39 is 0 Å². The van der Waals surface area contributed by atoms with Crippen LogP contribution in [0.2, 0.25) is 5.15 Å². The highest BCUT2D eigenvalue weighted by molar-refractivity contribution is 6.31. The van der Waals surface area contributed by atoms with Crippen molar-refractivity contribution in [3.63, 3.8) is 0 Å². The van der Waals surface area contributed by atoms with Crippen molar-refractivity contribution < 1.29 is 0 Å². The normalized spacial score (nSPS) is 8.73. The molecule has 1 heterocycles. The van der Waals surface area contributed by atoms with Gasteiger partial charge in [0.15, 0.2) is 5.15 Å². The molecule has 0 amide bonds. The second-order valence-corrected chi connectivity index (χ2v) is 2.10. The zero-order valence-corrected chi connectivity index (χ0v) is 6.04. The lowest BCUT2D eigenvalue weighted by Gasteiger charge is -1.91. The van der Waals surface area contributed by atoms with Gasteiger partial charge in [0, 0.05) is 6.20 Å². The maximum absolute atomic E-state index is 10.0. The van der Waals surface area contributed by atoms with Crippen molar-refractivity contribution in [3.8, 4) is 6.07 Å². The Kier molecular flexibility index (Phi) is 2.14. The molecule has 0 saturated heterocycles. The van der Waals surface area contributed by atoms with Crippen LogP contribution in [0.3, 0.4) is 0 Å². The van der Waals surface area contributed by atoms with E-state index in [0.29, 0.717) is 0 Å². The largest absolute Gasteiger partial charge is 0.241 e. The van der Waals surface area contributed by atoms with Gasteiger partial charge >= 0.3 is 0 Å². The lowest BCUT2D eigenvalue weighted by atomic mass is 10.3.